The van der Waals surface area contributed by atoms with Crippen LogP contribution in [0.3, 0.4) is 0 Å². The lowest BCUT2D eigenvalue weighted by Gasteiger charge is -2.50. The Kier molecular flexibility index (Phi) is 26.9. The molecule has 5 fully saturated rings. The minimum absolute atomic E-state index is 0. The fourth-order valence-electron chi connectivity index (χ4n) is 13.5. The molecule has 366 valence electrons. The summed E-state index contributed by atoms with van der Waals surface area (Å²) in [7, 11) is 0. The first-order valence-electron chi connectivity index (χ1n) is 25.0. The van der Waals surface area contributed by atoms with E-state index in [1.54, 1.807) is 0 Å². The van der Waals surface area contributed by atoms with Gasteiger partial charge in [0.15, 0.2) is 0 Å². The van der Waals surface area contributed by atoms with Crippen molar-refractivity contribution in [2.75, 3.05) is 9.80 Å². The maximum absolute atomic E-state index is 3.24. The minimum atomic E-state index is 0. The van der Waals surface area contributed by atoms with Gasteiger partial charge in [0, 0.05) is 35.5 Å². The highest BCUT2D eigenvalue weighted by Crippen LogP contribution is 2.51. The number of nitrogens with zero attached hydrogens (tertiary/aromatic N) is 2. The summed E-state index contributed by atoms with van der Waals surface area (Å²) in [6.07, 6.45) is 54.1. The molecule has 2 aromatic carbocycles. The largest absolute Gasteiger partial charge is 0.412 e. The molecule has 0 atom stereocenters. The van der Waals surface area contributed by atoms with Crippen LogP contribution in [0.25, 0.3) is 6.08 Å². The summed E-state index contributed by atoms with van der Waals surface area (Å²) in [5, 5.41) is 0. The van der Waals surface area contributed by atoms with Gasteiger partial charge in [0.25, 0.3) is 0 Å². The summed E-state index contributed by atoms with van der Waals surface area (Å²) in [6.45, 7) is 0. The molecule has 7 aliphatic carbocycles. The second kappa shape index (κ2) is 29.1. The first kappa shape index (κ1) is 59.2. The Morgan fingerprint density at radius 2 is 0.641 bits per heavy atom. The molecule has 10 heteroatoms. The fourth-order valence-corrected chi connectivity index (χ4v) is 13.5. The van der Waals surface area contributed by atoms with Crippen LogP contribution in [-0.2, 0) is 25.7 Å². The molecule has 0 aromatic heterocycles. The number of hydrogen-bond acceptors (Lipinski definition) is 2. The van der Waals surface area contributed by atoms with Crippen molar-refractivity contribution in [3.05, 3.63) is 76.4 Å². The van der Waals surface area contributed by atoms with E-state index in [-0.39, 0.29) is 43.8 Å². The van der Waals surface area contributed by atoms with Crippen LogP contribution in [-0.4, -0.2) is 68.0 Å². The molecule has 2 radical (unpaired) electrons. The van der Waals surface area contributed by atoms with Gasteiger partial charge in [0.05, 0.1) is 0 Å². The predicted octanol–water partition coefficient (Wildman–Crippen LogP) is 9.39. The summed E-state index contributed by atoms with van der Waals surface area (Å²) < 4.78 is 0. The van der Waals surface area contributed by atoms with E-state index >= 15 is 0 Å². The quantitative estimate of drug-likeness (QED) is 0.175. The van der Waals surface area contributed by atoms with E-state index in [2.05, 4.69) is 64.4 Å². The van der Waals surface area contributed by atoms with Crippen LogP contribution >= 0.6 is 0 Å². The van der Waals surface area contributed by atoms with Gasteiger partial charge in [0.2, 0.25) is 0 Å². The van der Waals surface area contributed by atoms with Crippen LogP contribution in [0.5, 0.6) is 0 Å². The average molecular weight is 897 g/mol. The van der Waals surface area contributed by atoms with Gasteiger partial charge in [0.1, 0.15) is 0 Å². The number of allylic oxidation sites excluding steroid dienone is 3. The van der Waals surface area contributed by atoms with Gasteiger partial charge in [-0.05, 0) is 187 Å². The first-order chi connectivity index (χ1) is 27.8. The van der Waals surface area contributed by atoms with Crippen LogP contribution in [0.1, 0.15) is 201 Å². The van der Waals surface area contributed by atoms with E-state index in [0.717, 1.165) is 35.9 Å². The minimum Gasteiger partial charge on any atom is -0.412 e. The number of fused-ring (bicyclic) bond motifs is 2. The number of hydrogen-bond donors (Lipinski definition) is 2. The van der Waals surface area contributed by atoms with Crippen molar-refractivity contribution in [3.63, 3.8) is 0 Å². The van der Waals surface area contributed by atoms with Gasteiger partial charge in [-0.1, -0.05) is 112 Å². The smallest absolute Gasteiger partial charge is 0.0443 e. The highest BCUT2D eigenvalue weighted by Gasteiger charge is 2.40. The highest BCUT2D eigenvalue weighted by molar-refractivity contribution is 5.78. The average Bonchev–Trinajstić information content (AvgIpc) is 3.28. The fraction of sp³-hybridized carbons (Fsp3) is 0.704. The number of anilines is 2. The standard InChI is InChI=1S/C54H78N2.6H2O.2HO/c1-5-17-41(18-6-1)29-31-43-33-37-47(38-34-43)55(45-21-9-3-10-22-45)53-49-25-13-15-27-51(49)54(52-28-16-14-26-50(52)53)56(46-23-11-4-12-24-46)48-39-35-44(36-40-48)32-30-42-19-7-2-8-20-42;;;;;;;;/h1,5-6,17-18,29-32,42-48H,2-4,7-16,19-28,33-40H2;6*1H2;2*1H/b31-29+,32-30+;;;;;;;;. The molecule has 64 heavy (non-hydrogen) atoms. The summed E-state index contributed by atoms with van der Waals surface area (Å²) in [6, 6.07) is 14.0. The summed E-state index contributed by atoms with van der Waals surface area (Å²) in [4.78, 5) is 6.47. The maximum Gasteiger partial charge on any atom is 0.0443 e. The van der Waals surface area contributed by atoms with E-state index in [9.17, 15) is 0 Å². The molecule has 0 spiro atoms. The lowest BCUT2D eigenvalue weighted by atomic mass is 9.75. The first-order valence-corrected chi connectivity index (χ1v) is 25.0. The van der Waals surface area contributed by atoms with Crippen molar-refractivity contribution in [1.82, 2.24) is 0 Å². The molecule has 0 amide bonds. The van der Waals surface area contributed by atoms with E-state index in [1.165, 1.54) is 205 Å². The normalized spacial score (nSPS) is 25.1. The molecule has 0 unspecified atom stereocenters. The second-order valence-electron chi connectivity index (χ2n) is 20.1. The van der Waals surface area contributed by atoms with E-state index in [0.29, 0.717) is 6.04 Å². The predicted molar refractivity (Wildman–Crippen MR) is 267 cm³/mol. The Morgan fingerprint density at radius 3 is 1.02 bits per heavy atom. The summed E-state index contributed by atoms with van der Waals surface area (Å²) >= 11 is 0. The van der Waals surface area contributed by atoms with E-state index in [4.69, 9.17) is 0 Å². The molecule has 10 nitrogen and oxygen atoms in total. The monoisotopic (exact) mass is 897 g/mol. The van der Waals surface area contributed by atoms with Gasteiger partial charge in [-0.3, -0.25) is 11.0 Å². The van der Waals surface area contributed by atoms with Crippen LogP contribution in [0.15, 0.2) is 48.6 Å². The van der Waals surface area contributed by atoms with Gasteiger partial charge < -0.3 is 42.7 Å². The summed E-state index contributed by atoms with van der Waals surface area (Å²) in [5.74, 6) is 2.42. The summed E-state index contributed by atoms with van der Waals surface area (Å²) in [5.41, 5.74) is 12.5. The van der Waals surface area contributed by atoms with Crippen molar-refractivity contribution in [2.24, 2.45) is 17.8 Å². The third kappa shape index (κ3) is 13.7. The van der Waals surface area contributed by atoms with Crippen LogP contribution < -0.4 is 9.80 Å². The number of rotatable bonds is 10. The zero-order valence-corrected chi connectivity index (χ0v) is 39.4. The van der Waals surface area contributed by atoms with Crippen molar-refractivity contribution < 1.29 is 43.8 Å². The van der Waals surface area contributed by atoms with Crippen molar-refractivity contribution in [2.45, 2.75) is 223 Å². The van der Waals surface area contributed by atoms with E-state index < -0.39 is 0 Å². The van der Waals surface area contributed by atoms with Crippen LogP contribution in [0.2, 0.25) is 0 Å². The number of benzene rings is 2. The Bertz CT molecular complexity index is 1580. The molecule has 0 heterocycles. The third-order valence-electron chi connectivity index (χ3n) is 16.5. The third-order valence-corrected chi connectivity index (χ3v) is 16.5. The molecule has 5 saturated carbocycles. The molecule has 0 aliphatic heterocycles. The van der Waals surface area contributed by atoms with Crippen LogP contribution in [0, 0.1) is 17.8 Å². The van der Waals surface area contributed by atoms with Gasteiger partial charge in [-0.15, -0.1) is 0 Å². The lowest BCUT2D eigenvalue weighted by molar-refractivity contribution is 0.309. The topological polar surface area (TPSA) is 255 Å². The van der Waals surface area contributed by atoms with E-state index in [1.807, 2.05) is 33.6 Å². The molecular formula is C54H92N2O8. The molecule has 0 bridgehead atoms. The SMILES string of the molecule is C(=C\C1CCC(N(c2c3c(c(N(C4CCCCC4)C4CCC(/C=C/C5CCCCC5)CC4)c4c2CCCC4)CCCC3)C2CCCCC2)CC1)/c1ccccc1.O.O.O.O.O.O.[OH].[OH]. The van der Waals surface area contributed by atoms with Gasteiger partial charge >= 0.3 is 0 Å². The maximum atomic E-state index is 3.24. The lowest BCUT2D eigenvalue weighted by Crippen LogP contribution is -2.49. The Balaban J connectivity index is 0.00000256. The molecule has 7 aliphatic rings. The molecule has 2 aromatic rings. The Morgan fingerprint density at radius 1 is 0.328 bits per heavy atom. The second-order valence-corrected chi connectivity index (χ2v) is 20.1. The van der Waals surface area contributed by atoms with Crippen molar-refractivity contribution in [1.29, 1.82) is 0 Å². The molecule has 14 N–H and O–H groups in total. The molecular weight excluding hydrogens is 805 g/mol. The zero-order chi connectivity index (χ0) is 37.5. The highest BCUT2D eigenvalue weighted by atomic mass is 16.0. The Labute approximate surface area is 387 Å². The van der Waals surface area contributed by atoms with Crippen molar-refractivity contribution >= 4 is 17.5 Å². The zero-order valence-electron chi connectivity index (χ0n) is 39.4. The Hall–Kier alpha value is -2.80. The van der Waals surface area contributed by atoms with Crippen LogP contribution in [0.4, 0.5) is 11.4 Å². The molecule has 0 saturated heterocycles. The van der Waals surface area contributed by atoms with Crippen molar-refractivity contribution in [3.8, 4) is 0 Å². The molecule has 9 rings (SSSR count). The van der Waals surface area contributed by atoms with Gasteiger partial charge in [-0.2, -0.15) is 0 Å². The van der Waals surface area contributed by atoms with Gasteiger partial charge in [-0.25, -0.2) is 0 Å².